The third-order valence-corrected chi connectivity index (χ3v) is 7.36. The number of aromatic nitrogens is 1. The molecule has 0 radical (unpaired) electrons. The number of nitrogens with one attached hydrogen (secondary N) is 3. The number of nitrogens with two attached hydrogens (primary N) is 1. The van der Waals surface area contributed by atoms with Gasteiger partial charge in [0.25, 0.3) is 11.8 Å². The van der Waals surface area contributed by atoms with Crippen molar-refractivity contribution < 1.29 is 27.5 Å². The fourth-order valence-corrected chi connectivity index (χ4v) is 5.30. The molecule has 7 nitrogen and oxygen atoms in total. The summed E-state index contributed by atoms with van der Waals surface area (Å²) < 4.78 is 43.9. The van der Waals surface area contributed by atoms with Gasteiger partial charge in [-0.25, -0.2) is 0 Å². The summed E-state index contributed by atoms with van der Waals surface area (Å²) >= 11 is 0. The van der Waals surface area contributed by atoms with E-state index in [1.54, 1.807) is 24.3 Å². The Morgan fingerprint density at radius 1 is 0.976 bits per heavy atom. The number of hydrogen-bond donors (Lipinski definition) is 4. The summed E-state index contributed by atoms with van der Waals surface area (Å²) in [4.78, 5) is 29.3. The molecule has 1 aromatic heterocycles. The number of hydrogen-bond acceptors (Lipinski definition) is 4. The lowest BCUT2D eigenvalue weighted by atomic mass is 9.99. The van der Waals surface area contributed by atoms with Crippen LogP contribution in [-0.2, 0) is 6.42 Å². The van der Waals surface area contributed by atoms with Gasteiger partial charge < -0.3 is 26.1 Å². The second-order valence-corrected chi connectivity index (χ2v) is 10.3. The van der Waals surface area contributed by atoms with Crippen LogP contribution in [-0.4, -0.2) is 41.8 Å². The van der Waals surface area contributed by atoms with Gasteiger partial charge in [-0.1, -0.05) is 49.2 Å². The number of rotatable bonds is 9. The van der Waals surface area contributed by atoms with Crippen LogP contribution in [0.4, 0.5) is 13.2 Å². The number of ether oxygens (including phenoxy) is 1. The van der Waals surface area contributed by atoms with E-state index in [0.29, 0.717) is 23.1 Å². The van der Waals surface area contributed by atoms with E-state index in [2.05, 4.69) is 20.4 Å². The number of para-hydroxylation sites is 1. The first-order valence-corrected chi connectivity index (χ1v) is 13.6. The van der Waals surface area contributed by atoms with Crippen molar-refractivity contribution in [1.29, 1.82) is 0 Å². The Labute approximate surface area is 235 Å². The molecular formula is C31H31F3N4O3. The van der Waals surface area contributed by atoms with E-state index in [4.69, 9.17) is 5.73 Å². The van der Waals surface area contributed by atoms with Crippen LogP contribution in [0.3, 0.4) is 0 Å². The lowest BCUT2D eigenvalue weighted by Crippen LogP contribution is -2.42. The summed E-state index contributed by atoms with van der Waals surface area (Å²) in [6.07, 6.45) is 1.24. The van der Waals surface area contributed by atoms with Crippen LogP contribution in [0.5, 0.6) is 5.75 Å². The number of halogens is 3. The summed E-state index contributed by atoms with van der Waals surface area (Å²) in [5.74, 6) is -1.59. The van der Waals surface area contributed by atoms with E-state index in [1.165, 1.54) is 12.1 Å². The molecule has 0 aliphatic heterocycles. The first-order chi connectivity index (χ1) is 19.7. The number of carbonyl (C=O) groups is 2. The first-order valence-electron chi connectivity index (χ1n) is 13.6. The Morgan fingerprint density at radius 3 is 2.49 bits per heavy atom. The SMILES string of the molecule is NCC(Cc1c[nH]c2ccccc12)NC(=O)c1cc(-c2cccc(C(=O)NC3CCCC3)c2)ccc1OC(F)(F)F. The van der Waals surface area contributed by atoms with E-state index in [-0.39, 0.29) is 24.1 Å². The van der Waals surface area contributed by atoms with Gasteiger partial charge >= 0.3 is 6.36 Å². The molecule has 0 bridgehead atoms. The van der Waals surface area contributed by atoms with Gasteiger partial charge in [-0.2, -0.15) is 0 Å². The standard InChI is InChI=1S/C31H31F3N4O3/c32-31(33,34)41-28-13-12-20(19-6-5-7-21(14-19)29(39)37-23-8-1-2-9-23)16-26(28)30(40)38-24(17-35)15-22-18-36-27-11-4-3-10-25(22)27/h3-7,10-14,16,18,23-24,36H,1-2,8-9,15,17,35H2,(H,37,39)(H,38,40). The zero-order valence-electron chi connectivity index (χ0n) is 22.3. The lowest BCUT2D eigenvalue weighted by Gasteiger charge is -2.19. The van der Waals surface area contributed by atoms with E-state index >= 15 is 0 Å². The summed E-state index contributed by atoms with van der Waals surface area (Å²) in [6, 6.07) is 17.9. The second-order valence-electron chi connectivity index (χ2n) is 10.3. The molecule has 1 aliphatic carbocycles. The molecule has 0 saturated heterocycles. The van der Waals surface area contributed by atoms with Gasteiger partial charge in [-0.3, -0.25) is 9.59 Å². The molecule has 1 unspecified atom stereocenters. The largest absolute Gasteiger partial charge is 0.573 e. The van der Waals surface area contributed by atoms with Crippen molar-refractivity contribution in [3.8, 4) is 16.9 Å². The molecule has 1 atom stereocenters. The summed E-state index contributed by atoms with van der Waals surface area (Å²) in [5, 5.41) is 6.78. The van der Waals surface area contributed by atoms with E-state index in [1.807, 2.05) is 30.5 Å². The third kappa shape index (κ3) is 6.89. The highest BCUT2D eigenvalue weighted by atomic mass is 19.4. The van der Waals surface area contributed by atoms with Gasteiger partial charge in [0.2, 0.25) is 0 Å². The fourth-order valence-electron chi connectivity index (χ4n) is 5.30. The van der Waals surface area contributed by atoms with Crippen molar-refractivity contribution >= 4 is 22.7 Å². The molecule has 10 heteroatoms. The zero-order valence-corrected chi connectivity index (χ0v) is 22.3. The maximum atomic E-state index is 13.4. The molecule has 5 N–H and O–H groups in total. The minimum absolute atomic E-state index is 0.0680. The molecule has 1 saturated carbocycles. The smallest absolute Gasteiger partial charge is 0.405 e. The molecule has 3 aromatic carbocycles. The zero-order chi connectivity index (χ0) is 29.0. The highest BCUT2D eigenvalue weighted by Crippen LogP contribution is 2.31. The Kier molecular flexibility index (Phi) is 8.30. The number of aromatic amines is 1. The average Bonchev–Trinajstić information content (AvgIpc) is 3.62. The summed E-state index contributed by atoms with van der Waals surface area (Å²) in [6.45, 7) is 0.0680. The predicted octanol–water partition coefficient (Wildman–Crippen LogP) is 5.71. The van der Waals surface area contributed by atoms with Crippen LogP contribution >= 0.6 is 0 Å². The minimum atomic E-state index is -4.99. The van der Waals surface area contributed by atoms with E-state index in [0.717, 1.165) is 48.2 Å². The number of H-pyrrole nitrogens is 1. The normalized spacial score (nSPS) is 14.6. The van der Waals surface area contributed by atoms with Crippen LogP contribution in [0.2, 0.25) is 0 Å². The fraction of sp³-hybridized carbons (Fsp3) is 0.290. The van der Waals surface area contributed by atoms with Gasteiger partial charge in [0, 0.05) is 41.3 Å². The van der Waals surface area contributed by atoms with Gasteiger partial charge in [-0.05, 0) is 66.3 Å². The number of fused-ring (bicyclic) bond motifs is 1. The lowest BCUT2D eigenvalue weighted by molar-refractivity contribution is -0.274. The molecule has 4 aromatic rings. The number of benzene rings is 3. The van der Waals surface area contributed by atoms with Crippen LogP contribution < -0.4 is 21.1 Å². The van der Waals surface area contributed by atoms with Crippen LogP contribution in [0.15, 0.2) is 72.9 Å². The Hall–Kier alpha value is -4.31. The molecule has 41 heavy (non-hydrogen) atoms. The molecule has 1 aliphatic rings. The van der Waals surface area contributed by atoms with Gasteiger partial charge in [0.1, 0.15) is 5.75 Å². The highest BCUT2D eigenvalue weighted by Gasteiger charge is 2.33. The van der Waals surface area contributed by atoms with Crippen LogP contribution in [0.1, 0.15) is 52.0 Å². The number of alkyl halides is 3. The second kappa shape index (κ2) is 12.1. The Bertz CT molecular complexity index is 1540. The molecular weight excluding hydrogens is 533 g/mol. The van der Waals surface area contributed by atoms with Crippen LogP contribution in [0, 0.1) is 0 Å². The van der Waals surface area contributed by atoms with Crippen molar-refractivity contribution in [2.24, 2.45) is 5.73 Å². The third-order valence-electron chi connectivity index (χ3n) is 7.36. The maximum Gasteiger partial charge on any atom is 0.573 e. The van der Waals surface area contributed by atoms with Crippen molar-refractivity contribution in [1.82, 2.24) is 15.6 Å². The molecule has 214 valence electrons. The number of amides is 2. The van der Waals surface area contributed by atoms with Gasteiger partial charge in [0.05, 0.1) is 5.56 Å². The van der Waals surface area contributed by atoms with Gasteiger partial charge in [-0.15, -0.1) is 13.2 Å². The topological polar surface area (TPSA) is 109 Å². The quantitative estimate of drug-likeness (QED) is 0.209. The Morgan fingerprint density at radius 2 is 1.73 bits per heavy atom. The summed E-state index contributed by atoms with van der Waals surface area (Å²) in [5.41, 5.74) is 8.97. The molecule has 5 rings (SSSR count). The molecule has 1 heterocycles. The Balaban J connectivity index is 1.40. The monoisotopic (exact) mass is 564 g/mol. The maximum absolute atomic E-state index is 13.4. The first kappa shape index (κ1) is 28.2. The van der Waals surface area contributed by atoms with Crippen molar-refractivity contribution in [2.75, 3.05) is 6.54 Å². The molecule has 1 fully saturated rings. The van der Waals surface area contributed by atoms with Crippen molar-refractivity contribution in [3.05, 3.63) is 89.6 Å². The van der Waals surface area contributed by atoms with Gasteiger partial charge in [0.15, 0.2) is 0 Å². The molecule has 0 spiro atoms. The van der Waals surface area contributed by atoms with E-state index < -0.39 is 24.1 Å². The average molecular weight is 565 g/mol. The van der Waals surface area contributed by atoms with Crippen LogP contribution in [0.25, 0.3) is 22.0 Å². The minimum Gasteiger partial charge on any atom is -0.405 e. The summed E-state index contributed by atoms with van der Waals surface area (Å²) in [7, 11) is 0. The van der Waals surface area contributed by atoms with E-state index in [9.17, 15) is 22.8 Å². The molecule has 2 amide bonds. The highest BCUT2D eigenvalue weighted by molar-refractivity contribution is 5.99. The van der Waals surface area contributed by atoms with Crippen molar-refractivity contribution in [3.63, 3.8) is 0 Å². The van der Waals surface area contributed by atoms with Crippen molar-refractivity contribution in [2.45, 2.75) is 50.6 Å². The predicted molar refractivity (Wildman–Crippen MR) is 151 cm³/mol. The number of carbonyl (C=O) groups excluding carboxylic acids is 2.